The Morgan fingerprint density at radius 2 is 1.75 bits per heavy atom. The number of aromatic nitrogens is 3. The number of alkyl halides is 6. The summed E-state index contributed by atoms with van der Waals surface area (Å²) in [6.45, 7) is 0.0462. The maximum Gasteiger partial charge on any atom is 0.435 e. The summed E-state index contributed by atoms with van der Waals surface area (Å²) in [7, 11) is 0. The number of aliphatic hydroxyl groups excluding tert-OH is 1. The van der Waals surface area contributed by atoms with Crippen molar-refractivity contribution in [1.82, 2.24) is 14.8 Å². The number of halogens is 6. The van der Waals surface area contributed by atoms with Gasteiger partial charge in [-0.25, -0.2) is 9.67 Å². The Balaban J connectivity index is 1.61. The van der Waals surface area contributed by atoms with Crippen LogP contribution in [0.4, 0.5) is 32.2 Å². The zero-order valence-corrected chi connectivity index (χ0v) is 14.3. The molecule has 0 spiro atoms. The molecule has 28 heavy (non-hydrogen) atoms. The van der Waals surface area contributed by atoms with Gasteiger partial charge in [0.25, 0.3) is 0 Å². The Bertz CT molecular complexity index is 795. The van der Waals surface area contributed by atoms with Gasteiger partial charge in [-0.15, -0.1) is 0 Å². The summed E-state index contributed by atoms with van der Waals surface area (Å²) in [5.74, 6) is 0.187. The average Bonchev–Trinajstić information content (AvgIpc) is 3.05. The topological polar surface area (TPSA) is 63.4 Å². The van der Waals surface area contributed by atoms with Crippen molar-refractivity contribution < 1.29 is 36.2 Å². The molecule has 0 saturated carbocycles. The van der Waals surface area contributed by atoms with Crippen molar-refractivity contribution in [2.24, 2.45) is 0 Å². The van der Waals surface area contributed by atoms with Gasteiger partial charge in [-0.3, -0.25) is 0 Å². The van der Waals surface area contributed by atoms with Gasteiger partial charge in [0.1, 0.15) is 18.7 Å². The largest absolute Gasteiger partial charge is 0.474 e. The van der Waals surface area contributed by atoms with Crippen LogP contribution in [0.1, 0.15) is 24.1 Å². The van der Waals surface area contributed by atoms with E-state index < -0.39 is 36.4 Å². The van der Waals surface area contributed by atoms with Crippen LogP contribution >= 0.6 is 0 Å². The second-order valence-corrected chi connectivity index (χ2v) is 6.21. The predicted molar refractivity (Wildman–Crippen MR) is 84.5 cm³/mol. The lowest BCUT2D eigenvalue weighted by molar-refractivity contribution is -0.141. The maximum atomic E-state index is 12.7. The van der Waals surface area contributed by atoms with Gasteiger partial charge in [0.15, 0.2) is 5.69 Å². The van der Waals surface area contributed by atoms with Crippen LogP contribution in [0.3, 0.4) is 0 Å². The van der Waals surface area contributed by atoms with Crippen LogP contribution in [-0.2, 0) is 19.1 Å². The number of ether oxygens (including phenoxy) is 1. The Morgan fingerprint density at radius 3 is 2.25 bits per heavy atom. The lowest BCUT2D eigenvalue weighted by Gasteiger charge is -2.32. The lowest BCUT2D eigenvalue weighted by atomic mass is 10.1. The zero-order chi connectivity index (χ0) is 20.5. The van der Waals surface area contributed by atoms with Gasteiger partial charge in [-0.2, -0.15) is 31.4 Å². The number of piperidine rings is 1. The summed E-state index contributed by atoms with van der Waals surface area (Å²) in [5, 5.41) is 12.4. The quantitative estimate of drug-likeness (QED) is 0.784. The highest BCUT2D eigenvalue weighted by Crippen LogP contribution is 2.32. The molecular formula is C16H16F6N4O2. The lowest BCUT2D eigenvalue weighted by Crippen LogP contribution is -2.39. The van der Waals surface area contributed by atoms with E-state index in [1.165, 1.54) is 6.07 Å². The molecule has 3 rings (SSSR count). The highest BCUT2D eigenvalue weighted by Gasteiger charge is 2.36. The van der Waals surface area contributed by atoms with E-state index in [0.29, 0.717) is 36.4 Å². The number of hydrogen-bond donors (Lipinski definition) is 1. The van der Waals surface area contributed by atoms with Gasteiger partial charge in [0.2, 0.25) is 5.88 Å². The second-order valence-electron chi connectivity index (χ2n) is 6.21. The first-order chi connectivity index (χ1) is 13.1. The Kier molecular flexibility index (Phi) is 5.41. The van der Waals surface area contributed by atoms with E-state index in [1.54, 1.807) is 4.90 Å². The van der Waals surface area contributed by atoms with E-state index in [2.05, 4.69) is 10.1 Å². The van der Waals surface area contributed by atoms with Crippen LogP contribution in [0.2, 0.25) is 0 Å². The molecule has 1 fully saturated rings. The van der Waals surface area contributed by atoms with Gasteiger partial charge in [0.05, 0.1) is 5.56 Å². The van der Waals surface area contributed by atoms with E-state index in [9.17, 15) is 26.3 Å². The first-order valence-corrected chi connectivity index (χ1v) is 8.28. The molecule has 0 unspecified atom stereocenters. The molecule has 2 aromatic heterocycles. The normalized spacial score (nSPS) is 16.5. The van der Waals surface area contributed by atoms with Crippen LogP contribution < -0.4 is 9.64 Å². The van der Waals surface area contributed by atoms with Gasteiger partial charge >= 0.3 is 12.4 Å². The minimum absolute atomic E-state index is 0.194. The van der Waals surface area contributed by atoms with E-state index >= 15 is 0 Å². The van der Waals surface area contributed by atoms with Crippen molar-refractivity contribution >= 4 is 5.82 Å². The SMILES string of the molecule is OCn1nc(C(F)(F)F)cc1OC1CCN(c2ccc(C(F)(F)F)cn2)CC1. The Morgan fingerprint density at radius 1 is 1.07 bits per heavy atom. The predicted octanol–water partition coefficient (Wildman–Crippen LogP) is 3.31. The number of aliphatic hydroxyl groups is 1. The molecular weight excluding hydrogens is 394 g/mol. The molecule has 0 amide bonds. The molecule has 1 aliphatic rings. The fourth-order valence-corrected chi connectivity index (χ4v) is 2.85. The first kappa shape index (κ1) is 20.2. The molecule has 3 heterocycles. The van der Waals surface area contributed by atoms with Crippen molar-refractivity contribution in [2.75, 3.05) is 18.0 Å². The molecule has 1 saturated heterocycles. The summed E-state index contributed by atoms with van der Waals surface area (Å²) in [6.07, 6.45) is -7.95. The molecule has 6 nitrogen and oxygen atoms in total. The highest BCUT2D eigenvalue weighted by molar-refractivity contribution is 5.40. The third kappa shape index (κ3) is 4.49. The minimum Gasteiger partial charge on any atom is -0.474 e. The molecule has 1 N–H and O–H groups in total. The van der Waals surface area contributed by atoms with E-state index in [1.807, 2.05) is 0 Å². The number of nitrogens with zero attached hydrogens (tertiary/aromatic N) is 4. The number of rotatable bonds is 4. The maximum absolute atomic E-state index is 12.7. The van der Waals surface area contributed by atoms with Crippen LogP contribution in [0, 0.1) is 0 Å². The number of anilines is 1. The monoisotopic (exact) mass is 410 g/mol. The third-order valence-corrected chi connectivity index (χ3v) is 4.30. The molecule has 0 atom stereocenters. The molecule has 154 valence electrons. The average molecular weight is 410 g/mol. The van der Waals surface area contributed by atoms with E-state index in [-0.39, 0.29) is 5.88 Å². The summed E-state index contributed by atoms with van der Waals surface area (Å²) in [6, 6.07) is 2.95. The molecule has 0 radical (unpaired) electrons. The summed E-state index contributed by atoms with van der Waals surface area (Å²) in [4.78, 5) is 5.60. The van der Waals surface area contributed by atoms with Crippen molar-refractivity contribution in [2.45, 2.75) is 38.0 Å². The smallest absolute Gasteiger partial charge is 0.435 e. The summed E-state index contributed by atoms with van der Waals surface area (Å²) in [5.41, 5.74) is -2.00. The van der Waals surface area contributed by atoms with Crippen LogP contribution in [0.25, 0.3) is 0 Å². The Hall–Kier alpha value is -2.50. The fraction of sp³-hybridized carbons (Fsp3) is 0.500. The minimum atomic E-state index is -4.66. The van der Waals surface area contributed by atoms with Gasteiger partial charge < -0.3 is 14.7 Å². The molecule has 1 aliphatic heterocycles. The standard InChI is InChI=1S/C16H16F6N4O2/c17-15(18,19)10-1-2-13(23-8-10)25-5-3-11(4-6-25)28-14-7-12(16(20,21)22)24-26(14)9-27/h1-2,7-8,11,27H,3-6,9H2. The van der Waals surface area contributed by atoms with Gasteiger partial charge in [0, 0.05) is 38.2 Å². The molecule has 12 heteroatoms. The van der Waals surface area contributed by atoms with Crippen LogP contribution in [0.5, 0.6) is 5.88 Å². The first-order valence-electron chi connectivity index (χ1n) is 8.28. The zero-order valence-electron chi connectivity index (χ0n) is 14.3. The van der Waals surface area contributed by atoms with Crippen LogP contribution in [-0.4, -0.2) is 39.1 Å². The molecule has 2 aromatic rings. The molecule has 0 bridgehead atoms. The number of pyridine rings is 1. The highest BCUT2D eigenvalue weighted by atomic mass is 19.4. The van der Waals surface area contributed by atoms with E-state index in [4.69, 9.17) is 9.84 Å². The van der Waals surface area contributed by atoms with Gasteiger partial charge in [-0.05, 0) is 12.1 Å². The van der Waals surface area contributed by atoms with Crippen molar-refractivity contribution in [3.8, 4) is 5.88 Å². The van der Waals surface area contributed by atoms with Crippen molar-refractivity contribution in [3.05, 3.63) is 35.7 Å². The van der Waals surface area contributed by atoms with Crippen molar-refractivity contribution in [3.63, 3.8) is 0 Å². The summed E-state index contributed by atoms with van der Waals surface area (Å²) >= 11 is 0. The molecule has 0 aliphatic carbocycles. The van der Waals surface area contributed by atoms with E-state index in [0.717, 1.165) is 18.3 Å². The number of hydrogen-bond acceptors (Lipinski definition) is 5. The second kappa shape index (κ2) is 7.49. The molecule has 0 aromatic carbocycles. The summed E-state index contributed by atoms with van der Waals surface area (Å²) < 4.78 is 82.3. The third-order valence-electron chi connectivity index (χ3n) is 4.30. The fourth-order valence-electron chi connectivity index (χ4n) is 2.85. The van der Waals surface area contributed by atoms with Gasteiger partial charge in [-0.1, -0.05) is 0 Å². The van der Waals surface area contributed by atoms with Crippen LogP contribution in [0.15, 0.2) is 24.4 Å². The van der Waals surface area contributed by atoms with Crippen molar-refractivity contribution in [1.29, 1.82) is 0 Å². The Labute approximate surface area is 155 Å².